The molecule has 7 heteroatoms. The number of halogens is 2. The molecule has 34 heavy (non-hydrogen) atoms. The van der Waals surface area contributed by atoms with Crippen LogP contribution < -0.4 is 4.74 Å². The minimum Gasteiger partial charge on any atom is -0.473 e. The molecule has 0 fully saturated rings. The molecule has 0 aliphatic carbocycles. The first kappa shape index (κ1) is 24.7. The van der Waals surface area contributed by atoms with E-state index in [-0.39, 0.29) is 5.92 Å². The lowest BCUT2D eigenvalue weighted by molar-refractivity contribution is 0.0939. The summed E-state index contributed by atoms with van der Waals surface area (Å²) in [6, 6.07) is 25.4. The van der Waals surface area contributed by atoms with Crippen molar-refractivity contribution in [1.29, 1.82) is 0 Å². The number of benzene rings is 3. The summed E-state index contributed by atoms with van der Waals surface area (Å²) in [6.45, 7) is 5.45. The van der Waals surface area contributed by atoms with Crippen molar-refractivity contribution in [3.05, 3.63) is 106 Å². The molecule has 0 bridgehead atoms. The topological polar surface area (TPSA) is 36.3 Å². The number of hydrogen-bond acceptors (Lipinski definition) is 4. The summed E-state index contributed by atoms with van der Waals surface area (Å²) in [5.41, 5.74) is 2.10. The van der Waals surface area contributed by atoms with Gasteiger partial charge >= 0.3 is 0 Å². The van der Waals surface area contributed by atoms with Crippen LogP contribution in [0.15, 0.2) is 88.8 Å². The highest BCUT2D eigenvalue weighted by molar-refractivity contribution is 7.99. The maximum absolute atomic E-state index is 6.27. The summed E-state index contributed by atoms with van der Waals surface area (Å²) in [7, 11) is 0. The van der Waals surface area contributed by atoms with Crippen molar-refractivity contribution >= 4 is 35.0 Å². The average molecular weight is 513 g/mol. The van der Waals surface area contributed by atoms with Gasteiger partial charge in [0.1, 0.15) is 23.2 Å². The third-order valence-corrected chi connectivity index (χ3v) is 6.60. The zero-order chi connectivity index (χ0) is 23.9. The zero-order valence-corrected chi connectivity index (χ0v) is 21.4. The second-order valence-electron chi connectivity index (χ2n) is 8.07. The first-order valence-corrected chi connectivity index (χ1v) is 12.6. The minimum absolute atomic E-state index is 0.211. The van der Waals surface area contributed by atoms with Crippen LogP contribution in [0.25, 0.3) is 0 Å². The van der Waals surface area contributed by atoms with E-state index in [9.17, 15) is 0 Å². The Morgan fingerprint density at radius 3 is 2.18 bits per heavy atom. The number of aromatic nitrogens is 2. The van der Waals surface area contributed by atoms with E-state index >= 15 is 0 Å². The zero-order valence-electron chi connectivity index (χ0n) is 19.1. The number of imidazole rings is 1. The molecule has 3 aromatic carbocycles. The monoisotopic (exact) mass is 512 g/mol. The van der Waals surface area contributed by atoms with Gasteiger partial charge in [-0.1, -0.05) is 97.3 Å². The predicted molar refractivity (Wildman–Crippen MR) is 139 cm³/mol. The van der Waals surface area contributed by atoms with Gasteiger partial charge in [-0.3, -0.25) is 4.57 Å². The Bertz CT molecular complexity index is 1190. The SMILES string of the molecule is CC(C)c1nc(COCc2ccccc2)n(COc2ccccc2)c1Sc1cc(Cl)cc(Cl)c1. The van der Waals surface area contributed by atoms with E-state index in [1.54, 1.807) is 17.8 Å². The molecule has 0 radical (unpaired) electrons. The first-order valence-electron chi connectivity index (χ1n) is 11.0. The molecule has 0 amide bonds. The second kappa shape index (κ2) is 11.8. The van der Waals surface area contributed by atoms with E-state index in [2.05, 4.69) is 30.5 Å². The van der Waals surface area contributed by atoms with Crippen LogP contribution in [-0.2, 0) is 24.7 Å². The summed E-state index contributed by atoms with van der Waals surface area (Å²) in [5, 5.41) is 2.18. The van der Waals surface area contributed by atoms with E-state index in [1.807, 2.05) is 60.7 Å². The lowest BCUT2D eigenvalue weighted by Gasteiger charge is -2.15. The molecule has 1 aromatic heterocycles. The third kappa shape index (κ3) is 6.57. The number of nitrogens with zero attached hydrogens (tertiary/aromatic N) is 2. The highest BCUT2D eigenvalue weighted by Gasteiger charge is 2.21. The molecule has 0 saturated carbocycles. The highest BCUT2D eigenvalue weighted by Crippen LogP contribution is 2.37. The van der Waals surface area contributed by atoms with Crippen LogP contribution in [0.5, 0.6) is 5.75 Å². The fraction of sp³-hybridized carbons (Fsp3) is 0.222. The molecule has 0 atom stereocenters. The number of ether oxygens (including phenoxy) is 2. The van der Waals surface area contributed by atoms with Crippen LogP contribution in [0, 0.1) is 0 Å². The van der Waals surface area contributed by atoms with E-state index < -0.39 is 0 Å². The summed E-state index contributed by atoms with van der Waals surface area (Å²) < 4.78 is 14.2. The molecule has 4 aromatic rings. The van der Waals surface area contributed by atoms with Crippen molar-refractivity contribution in [3.8, 4) is 5.75 Å². The fourth-order valence-electron chi connectivity index (χ4n) is 3.42. The largest absolute Gasteiger partial charge is 0.473 e. The number of hydrogen-bond donors (Lipinski definition) is 0. The fourth-order valence-corrected chi connectivity index (χ4v) is 5.32. The maximum atomic E-state index is 6.27. The van der Waals surface area contributed by atoms with Crippen molar-refractivity contribution in [3.63, 3.8) is 0 Å². The highest BCUT2D eigenvalue weighted by atomic mass is 35.5. The van der Waals surface area contributed by atoms with Gasteiger partial charge in [-0.15, -0.1) is 0 Å². The van der Waals surface area contributed by atoms with Crippen LogP contribution in [0.1, 0.15) is 36.8 Å². The van der Waals surface area contributed by atoms with Gasteiger partial charge in [0.25, 0.3) is 0 Å². The number of para-hydroxylation sites is 1. The molecular formula is C27H26Cl2N2O2S. The van der Waals surface area contributed by atoms with Crippen molar-refractivity contribution in [1.82, 2.24) is 9.55 Å². The molecule has 1 heterocycles. The molecule has 0 spiro atoms. The molecule has 0 aliphatic heterocycles. The van der Waals surface area contributed by atoms with Crippen molar-refractivity contribution in [2.75, 3.05) is 0 Å². The average Bonchev–Trinajstić information content (AvgIpc) is 3.15. The Morgan fingerprint density at radius 2 is 1.53 bits per heavy atom. The number of rotatable bonds is 10. The first-order chi connectivity index (χ1) is 16.5. The Morgan fingerprint density at radius 1 is 0.882 bits per heavy atom. The molecule has 4 rings (SSSR count). The van der Waals surface area contributed by atoms with E-state index in [0.717, 1.165) is 32.8 Å². The maximum Gasteiger partial charge on any atom is 0.167 e. The molecule has 0 N–H and O–H groups in total. The van der Waals surface area contributed by atoms with Crippen molar-refractivity contribution < 1.29 is 9.47 Å². The van der Waals surface area contributed by atoms with Gasteiger partial charge in [0.05, 0.1) is 12.3 Å². The Labute approximate surface area is 214 Å². The van der Waals surface area contributed by atoms with E-state index in [0.29, 0.717) is 30.0 Å². The predicted octanol–water partition coefficient (Wildman–Crippen LogP) is 8.22. The van der Waals surface area contributed by atoms with E-state index in [1.165, 1.54) is 0 Å². The quantitative estimate of drug-likeness (QED) is 0.214. The second-order valence-corrected chi connectivity index (χ2v) is 10.0. The Kier molecular flexibility index (Phi) is 8.57. The van der Waals surface area contributed by atoms with Crippen LogP contribution in [-0.4, -0.2) is 9.55 Å². The van der Waals surface area contributed by atoms with Crippen LogP contribution in [0.3, 0.4) is 0 Å². The van der Waals surface area contributed by atoms with E-state index in [4.69, 9.17) is 37.7 Å². The van der Waals surface area contributed by atoms with Gasteiger partial charge in [-0.25, -0.2) is 4.98 Å². The van der Waals surface area contributed by atoms with Gasteiger partial charge < -0.3 is 9.47 Å². The lowest BCUT2D eigenvalue weighted by Crippen LogP contribution is -2.11. The smallest absolute Gasteiger partial charge is 0.167 e. The van der Waals surface area contributed by atoms with Gasteiger partial charge in [0, 0.05) is 14.9 Å². The summed E-state index contributed by atoms with van der Waals surface area (Å²) in [4.78, 5) is 5.91. The molecule has 176 valence electrons. The summed E-state index contributed by atoms with van der Waals surface area (Å²) >= 11 is 14.1. The van der Waals surface area contributed by atoms with Crippen LogP contribution >= 0.6 is 35.0 Å². The minimum atomic E-state index is 0.211. The Hall–Kier alpha value is -2.44. The molecule has 4 nitrogen and oxygen atoms in total. The van der Waals surface area contributed by atoms with Gasteiger partial charge in [0.2, 0.25) is 0 Å². The van der Waals surface area contributed by atoms with Gasteiger partial charge in [-0.2, -0.15) is 0 Å². The van der Waals surface area contributed by atoms with Crippen LogP contribution in [0.4, 0.5) is 0 Å². The van der Waals surface area contributed by atoms with Gasteiger partial charge in [-0.05, 0) is 41.8 Å². The van der Waals surface area contributed by atoms with Crippen LogP contribution in [0.2, 0.25) is 10.0 Å². The summed E-state index contributed by atoms with van der Waals surface area (Å²) in [6.07, 6.45) is 0. The standard InChI is InChI=1S/C27H26Cl2N2O2S/c1-19(2)26-27(34-24-14-21(28)13-22(29)15-24)31(18-33-23-11-7-4-8-12-23)25(30-26)17-32-16-20-9-5-3-6-10-20/h3-15,19H,16-18H2,1-2H3. The van der Waals surface area contributed by atoms with Gasteiger partial charge in [0.15, 0.2) is 6.73 Å². The molecular weight excluding hydrogens is 487 g/mol. The molecule has 0 aliphatic rings. The summed E-state index contributed by atoms with van der Waals surface area (Å²) in [5.74, 6) is 1.81. The molecule has 0 saturated heterocycles. The Balaban J connectivity index is 1.64. The van der Waals surface area contributed by atoms with Crippen molar-refractivity contribution in [2.24, 2.45) is 0 Å². The molecule has 0 unspecified atom stereocenters. The third-order valence-electron chi connectivity index (χ3n) is 5.07. The van der Waals surface area contributed by atoms with Crippen molar-refractivity contribution in [2.45, 2.75) is 49.6 Å². The lowest BCUT2D eigenvalue weighted by atomic mass is 10.2. The normalized spacial score (nSPS) is 11.2.